The Morgan fingerprint density at radius 3 is 2.13 bits per heavy atom. The number of amides is 1. The van der Waals surface area contributed by atoms with Crippen LogP contribution in [0.1, 0.15) is 43.0 Å². The lowest BCUT2D eigenvalue weighted by Gasteiger charge is -2.23. The van der Waals surface area contributed by atoms with Crippen molar-refractivity contribution in [2.75, 3.05) is 15.9 Å². The molecule has 0 aliphatic carbocycles. The molecule has 0 radical (unpaired) electrons. The lowest BCUT2D eigenvalue weighted by atomic mass is 10.0. The van der Waals surface area contributed by atoms with Crippen LogP contribution in [0.3, 0.4) is 0 Å². The fourth-order valence-corrected chi connectivity index (χ4v) is 5.01. The average molecular weight is 547 g/mol. The molecule has 38 heavy (non-hydrogen) atoms. The van der Waals surface area contributed by atoms with Crippen LogP contribution in [0.2, 0.25) is 5.02 Å². The summed E-state index contributed by atoms with van der Waals surface area (Å²) in [5.74, 6) is -0.666. The highest BCUT2D eigenvalue weighted by Gasteiger charge is 2.20. The van der Waals surface area contributed by atoms with Crippen molar-refractivity contribution in [3.63, 3.8) is 0 Å². The van der Waals surface area contributed by atoms with Crippen LogP contribution in [0.4, 0.5) is 11.4 Å². The minimum absolute atomic E-state index is 0.121. The number of carbonyl (C=O) groups excluding carboxylic acids is 2. The van der Waals surface area contributed by atoms with Gasteiger partial charge in [0.25, 0.3) is 5.91 Å². The predicted molar refractivity (Wildman–Crippen MR) is 153 cm³/mol. The zero-order valence-corrected chi connectivity index (χ0v) is 22.8. The first-order valence-electron chi connectivity index (χ1n) is 11.9. The second-order valence-electron chi connectivity index (χ2n) is 9.07. The maximum atomic E-state index is 13.1. The van der Waals surface area contributed by atoms with Gasteiger partial charge >= 0.3 is 0 Å². The van der Waals surface area contributed by atoms with E-state index in [1.807, 2.05) is 32.0 Å². The lowest BCUT2D eigenvalue weighted by molar-refractivity contribution is 0.102. The molecule has 0 saturated carbocycles. The molecule has 0 spiro atoms. The van der Waals surface area contributed by atoms with E-state index in [1.165, 1.54) is 16.6 Å². The first-order chi connectivity index (χ1) is 18.0. The van der Waals surface area contributed by atoms with Crippen LogP contribution in [-0.2, 0) is 16.6 Å². The number of halogens is 1. The zero-order chi connectivity index (χ0) is 27.4. The number of anilines is 2. The van der Waals surface area contributed by atoms with Crippen LogP contribution < -0.4 is 9.62 Å². The average Bonchev–Trinajstić information content (AvgIpc) is 2.89. The summed E-state index contributed by atoms with van der Waals surface area (Å²) in [4.78, 5) is 26.1. The van der Waals surface area contributed by atoms with Gasteiger partial charge in [0, 0.05) is 21.7 Å². The van der Waals surface area contributed by atoms with Crippen molar-refractivity contribution >= 4 is 44.7 Å². The molecule has 0 aromatic heterocycles. The zero-order valence-electron chi connectivity index (χ0n) is 21.2. The van der Waals surface area contributed by atoms with Crippen LogP contribution in [0.15, 0.2) is 91.0 Å². The molecule has 194 valence electrons. The third-order valence-corrected chi connectivity index (χ3v) is 7.61. The van der Waals surface area contributed by atoms with Crippen LogP contribution in [0.25, 0.3) is 0 Å². The van der Waals surface area contributed by atoms with E-state index in [0.29, 0.717) is 27.5 Å². The summed E-state index contributed by atoms with van der Waals surface area (Å²) in [6.45, 7) is 4.03. The summed E-state index contributed by atoms with van der Waals surface area (Å²) >= 11 is 6.14. The van der Waals surface area contributed by atoms with E-state index in [0.717, 1.165) is 16.7 Å². The molecule has 4 aromatic carbocycles. The van der Waals surface area contributed by atoms with E-state index < -0.39 is 15.9 Å². The summed E-state index contributed by atoms with van der Waals surface area (Å²) in [5, 5.41) is 3.18. The summed E-state index contributed by atoms with van der Waals surface area (Å²) in [7, 11) is -3.54. The number of aryl methyl sites for hydroxylation is 2. The first-order valence-corrected chi connectivity index (χ1v) is 14.1. The first kappa shape index (κ1) is 27.1. The van der Waals surface area contributed by atoms with Crippen molar-refractivity contribution in [1.29, 1.82) is 0 Å². The topological polar surface area (TPSA) is 83.6 Å². The Kier molecular flexibility index (Phi) is 7.99. The van der Waals surface area contributed by atoms with E-state index in [1.54, 1.807) is 66.7 Å². The Morgan fingerprint density at radius 1 is 0.816 bits per heavy atom. The Bertz CT molecular complexity index is 1600. The van der Waals surface area contributed by atoms with Crippen LogP contribution in [0.5, 0.6) is 0 Å². The third-order valence-electron chi connectivity index (χ3n) is 6.23. The molecular formula is C30H27ClN2O4S. The molecule has 8 heteroatoms. The van der Waals surface area contributed by atoms with Crippen molar-refractivity contribution in [2.24, 2.45) is 0 Å². The number of ketones is 1. The van der Waals surface area contributed by atoms with Crippen LogP contribution in [0, 0.1) is 13.8 Å². The second-order valence-corrected chi connectivity index (χ2v) is 11.4. The number of benzene rings is 4. The van der Waals surface area contributed by atoms with Gasteiger partial charge < -0.3 is 5.32 Å². The molecule has 1 N–H and O–H groups in total. The molecule has 0 aliphatic heterocycles. The summed E-state index contributed by atoms with van der Waals surface area (Å²) in [5.41, 5.74) is 4.84. The van der Waals surface area contributed by atoms with Gasteiger partial charge in [0.1, 0.15) is 0 Å². The van der Waals surface area contributed by atoms with Gasteiger partial charge in [0.05, 0.1) is 24.2 Å². The quantitative estimate of drug-likeness (QED) is 0.259. The van der Waals surface area contributed by atoms with Gasteiger partial charge in [0.2, 0.25) is 10.0 Å². The molecule has 6 nitrogen and oxygen atoms in total. The predicted octanol–water partition coefficient (Wildman–Crippen LogP) is 6.41. The molecular weight excluding hydrogens is 520 g/mol. The van der Waals surface area contributed by atoms with E-state index in [2.05, 4.69) is 5.32 Å². The fraction of sp³-hybridized carbons (Fsp3) is 0.133. The number of sulfonamides is 1. The summed E-state index contributed by atoms with van der Waals surface area (Å²) in [6, 6.07) is 25.7. The van der Waals surface area contributed by atoms with E-state index in [-0.39, 0.29) is 17.9 Å². The second kappa shape index (κ2) is 11.2. The van der Waals surface area contributed by atoms with Crippen molar-refractivity contribution in [3.05, 3.63) is 129 Å². The van der Waals surface area contributed by atoms with E-state index in [4.69, 9.17) is 11.6 Å². The van der Waals surface area contributed by atoms with Crippen molar-refractivity contribution in [3.8, 4) is 0 Å². The maximum absolute atomic E-state index is 13.1. The minimum atomic E-state index is -3.54. The Morgan fingerprint density at radius 2 is 1.50 bits per heavy atom. The Balaban J connectivity index is 1.54. The molecule has 0 aliphatic rings. The number of hydrogen-bond acceptors (Lipinski definition) is 4. The molecule has 0 heterocycles. The maximum Gasteiger partial charge on any atom is 0.255 e. The normalized spacial score (nSPS) is 11.2. The number of hydrogen-bond donors (Lipinski definition) is 1. The number of rotatable bonds is 8. The lowest BCUT2D eigenvalue weighted by Crippen LogP contribution is -2.29. The highest BCUT2D eigenvalue weighted by molar-refractivity contribution is 7.92. The smallest absolute Gasteiger partial charge is 0.255 e. The molecule has 0 saturated heterocycles. The third kappa shape index (κ3) is 6.30. The fourth-order valence-electron chi connectivity index (χ4n) is 3.96. The molecule has 0 atom stereocenters. The molecule has 1 amide bonds. The SMILES string of the molecule is Cc1ccc(N(Cc2ccc(C(=O)Nc3ccc(Cl)cc3C(=O)c3ccccc3)cc2)S(C)(=O)=O)cc1C. The Labute approximate surface area is 227 Å². The van der Waals surface area contributed by atoms with Crippen LogP contribution >= 0.6 is 11.6 Å². The monoisotopic (exact) mass is 546 g/mol. The van der Waals surface area contributed by atoms with Crippen molar-refractivity contribution in [2.45, 2.75) is 20.4 Å². The molecule has 0 fully saturated rings. The number of nitrogens with zero attached hydrogens (tertiary/aromatic N) is 1. The van der Waals surface area contributed by atoms with Gasteiger partial charge in [-0.2, -0.15) is 0 Å². The van der Waals surface area contributed by atoms with Gasteiger partial charge in [-0.15, -0.1) is 0 Å². The van der Waals surface area contributed by atoms with Crippen molar-refractivity contribution in [1.82, 2.24) is 0 Å². The molecule has 4 rings (SSSR count). The molecule has 4 aromatic rings. The largest absolute Gasteiger partial charge is 0.321 e. The van der Waals surface area contributed by atoms with Gasteiger partial charge in [-0.3, -0.25) is 13.9 Å². The molecule has 0 bridgehead atoms. The number of carbonyl (C=O) groups is 2. The minimum Gasteiger partial charge on any atom is -0.321 e. The van der Waals surface area contributed by atoms with Gasteiger partial charge in [0.15, 0.2) is 5.78 Å². The highest BCUT2D eigenvalue weighted by atomic mass is 35.5. The van der Waals surface area contributed by atoms with Crippen LogP contribution in [-0.4, -0.2) is 26.4 Å². The highest BCUT2D eigenvalue weighted by Crippen LogP contribution is 2.26. The van der Waals surface area contributed by atoms with Gasteiger partial charge in [-0.05, 0) is 73.0 Å². The van der Waals surface area contributed by atoms with Gasteiger partial charge in [-0.1, -0.05) is 60.1 Å². The van der Waals surface area contributed by atoms with E-state index in [9.17, 15) is 18.0 Å². The standard InChI is InChI=1S/C30H27ClN2O4S/c1-20-9-15-26(17-21(20)2)33(38(3,36)37)19-22-10-12-24(13-11-22)30(35)32-28-16-14-25(31)18-27(28)29(34)23-7-5-4-6-8-23/h4-18H,19H2,1-3H3,(H,32,35). The summed E-state index contributed by atoms with van der Waals surface area (Å²) < 4.78 is 26.4. The Hall–Kier alpha value is -3.94. The van der Waals surface area contributed by atoms with Crippen molar-refractivity contribution < 1.29 is 18.0 Å². The van der Waals surface area contributed by atoms with E-state index >= 15 is 0 Å². The number of nitrogens with one attached hydrogen (secondary N) is 1. The molecule has 0 unspecified atom stereocenters. The van der Waals surface area contributed by atoms with Gasteiger partial charge in [-0.25, -0.2) is 8.42 Å². The summed E-state index contributed by atoms with van der Waals surface area (Å²) in [6.07, 6.45) is 1.17.